The number of carboxylic acid groups (broad SMARTS) is 3. The van der Waals surface area contributed by atoms with E-state index in [0.29, 0.717) is 19.3 Å². The summed E-state index contributed by atoms with van der Waals surface area (Å²) >= 11 is 0. The van der Waals surface area contributed by atoms with Crippen molar-refractivity contribution in [2.45, 2.75) is 99.8 Å². The highest BCUT2D eigenvalue weighted by molar-refractivity contribution is 5.98. The quantitative estimate of drug-likeness (QED) is 0.131. The average Bonchev–Trinajstić information content (AvgIpc) is 3.16. The van der Waals surface area contributed by atoms with Crippen LogP contribution in [0.25, 0.3) is 0 Å². The van der Waals surface area contributed by atoms with Gasteiger partial charge in [-0.25, -0.2) is 19.2 Å². The monoisotopic (exact) mass is 635 g/mol. The van der Waals surface area contributed by atoms with Gasteiger partial charge in [0.1, 0.15) is 12.2 Å². The molecule has 1 aliphatic carbocycles. The smallest absolute Gasteiger partial charge is 0.407 e. The van der Waals surface area contributed by atoms with Crippen LogP contribution in [0.1, 0.15) is 51.5 Å². The minimum Gasteiger partial charge on any atom is -0.479 e. The average molecular weight is 636 g/mol. The van der Waals surface area contributed by atoms with Crippen LogP contribution in [-0.2, 0) is 44.5 Å². The first kappa shape index (κ1) is 33.8. The fourth-order valence-corrected chi connectivity index (χ4v) is 6.16. The molecule has 0 radical (unpaired) electrons. The highest BCUT2D eigenvalue weighted by Gasteiger charge is 2.86. The fraction of sp³-hybridized carbons (Fsp3) is 0.567. The number of carboxylic acids is 3. The Hall–Kier alpha value is -4.05. The number of hydrogen-bond donors (Lipinski definition) is 6. The van der Waals surface area contributed by atoms with E-state index in [1.807, 2.05) is 30.3 Å². The minimum absolute atomic E-state index is 0.233. The molecule has 15 heteroatoms. The number of carbonyl (C=O) groups is 5. The summed E-state index contributed by atoms with van der Waals surface area (Å²) in [5.41, 5.74) is -6.23. The summed E-state index contributed by atoms with van der Waals surface area (Å²) in [5.74, 6) is -10.3. The number of benzene rings is 1. The van der Waals surface area contributed by atoms with Gasteiger partial charge in [-0.1, -0.05) is 43.8 Å². The second-order valence-electron chi connectivity index (χ2n) is 11.8. The fourth-order valence-electron chi connectivity index (χ4n) is 6.16. The zero-order valence-electron chi connectivity index (χ0n) is 24.7. The minimum atomic E-state index is -3.88. The molecule has 1 aromatic carbocycles. The van der Waals surface area contributed by atoms with E-state index in [0.717, 1.165) is 12.0 Å². The largest absolute Gasteiger partial charge is 0.479 e. The van der Waals surface area contributed by atoms with Crippen LogP contribution < -0.4 is 5.32 Å². The molecule has 2 saturated heterocycles. The van der Waals surface area contributed by atoms with Gasteiger partial charge in [0, 0.05) is 25.3 Å². The van der Waals surface area contributed by atoms with E-state index in [9.17, 15) is 49.5 Å². The number of amides is 1. The van der Waals surface area contributed by atoms with Gasteiger partial charge in [0.25, 0.3) is 5.60 Å². The van der Waals surface area contributed by atoms with Crippen molar-refractivity contribution in [3.05, 3.63) is 48.0 Å². The SMILES string of the molecule is C=C(CC[C@@]12O[C@H](C(=O)O)[C@@](O)(C(=O)O)[C@@](C(=O)O)(O1)[C@H](OC(=O)NC1CCC1)[C@H]2O)C(OC(C)=O)C(C)Cc1ccccc1. The van der Waals surface area contributed by atoms with E-state index in [-0.39, 0.29) is 24.0 Å². The van der Waals surface area contributed by atoms with Gasteiger partial charge in [0.05, 0.1) is 0 Å². The lowest BCUT2D eigenvalue weighted by Gasteiger charge is -2.48. The Morgan fingerprint density at radius 3 is 2.24 bits per heavy atom. The number of alkyl carbamates (subject to hydrolysis) is 1. The Labute approximate surface area is 257 Å². The van der Waals surface area contributed by atoms with Gasteiger partial charge in [0.2, 0.25) is 17.5 Å². The summed E-state index contributed by atoms with van der Waals surface area (Å²) < 4.78 is 21.8. The Bertz CT molecular complexity index is 1350. The first-order valence-electron chi connectivity index (χ1n) is 14.4. The lowest BCUT2D eigenvalue weighted by Crippen LogP contribution is -2.78. The summed E-state index contributed by atoms with van der Waals surface area (Å²) in [6.45, 7) is 7.00. The molecule has 246 valence electrons. The predicted molar refractivity (Wildman–Crippen MR) is 150 cm³/mol. The van der Waals surface area contributed by atoms with Crippen LogP contribution in [-0.4, -0.2) is 103 Å². The summed E-state index contributed by atoms with van der Waals surface area (Å²) in [7, 11) is 0. The number of rotatable bonds is 13. The summed E-state index contributed by atoms with van der Waals surface area (Å²) in [5, 5.41) is 55.5. The topological polar surface area (TPSA) is 235 Å². The molecule has 2 heterocycles. The molecule has 2 aliphatic heterocycles. The molecule has 1 amide bonds. The molecule has 0 aromatic heterocycles. The van der Waals surface area contributed by atoms with Gasteiger partial charge in [-0.3, -0.25) is 4.79 Å². The van der Waals surface area contributed by atoms with Crippen molar-refractivity contribution in [3.8, 4) is 0 Å². The number of aliphatic hydroxyl groups is 2. The molecule has 0 spiro atoms. The first-order chi connectivity index (χ1) is 21.1. The zero-order valence-corrected chi connectivity index (χ0v) is 24.7. The van der Waals surface area contributed by atoms with E-state index in [1.54, 1.807) is 6.92 Å². The zero-order chi connectivity index (χ0) is 33.3. The maximum absolute atomic E-state index is 12.8. The third-order valence-electron chi connectivity index (χ3n) is 8.67. The van der Waals surface area contributed by atoms with E-state index in [4.69, 9.17) is 18.9 Å². The molecule has 4 rings (SSSR count). The maximum atomic E-state index is 12.8. The Morgan fingerprint density at radius 1 is 1.09 bits per heavy atom. The first-order valence-corrected chi connectivity index (χ1v) is 14.4. The third kappa shape index (κ3) is 6.00. The molecule has 2 unspecified atom stereocenters. The molecule has 2 bridgehead atoms. The van der Waals surface area contributed by atoms with E-state index in [2.05, 4.69) is 11.9 Å². The second-order valence-corrected chi connectivity index (χ2v) is 11.8. The summed E-state index contributed by atoms with van der Waals surface area (Å²) in [6, 6.07) is 8.95. The van der Waals surface area contributed by atoms with Gasteiger partial charge in [0.15, 0.2) is 6.10 Å². The summed E-state index contributed by atoms with van der Waals surface area (Å²) in [6.07, 6.45) is -8.07. The number of aliphatic carboxylic acids is 3. The van der Waals surface area contributed by atoms with Gasteiger partial charge < -0.3 is 49.8 Å². The summed E-state index contributed by atoms with van der Waals surface area (Å²) in [4.78, 5) is 62.3. The van der Waals surface area contributed by atoms with Crippen LogP contribution in [0.5, 0.6) is 0 Å². The third-order valence-corrected chi connectivity index (χ3v) is 8.67. The Morgan fingerprint density at radius 2 is 1.73 bits per heavy atom. The number of carbonyl (C=O) groups excluding carboxylic acids is 2. The lowest BCUT2D eigenvalue weighted by atomic mass is 9.74. The van der Waals surface area contributed by atoms with E-state index in [1.165, 1.54) is 6.92 Å². The lowest BCUT2D eigenvalue weighted by molar-refractivity contribution is -0.373. The van der Waals surface area contributed by atoms with Crippen LogP contribution in [0, 0.1) is 5.92 Å². The Kier molecular flexibility index (Phi) is 9.59. The molecule has 45 heavy (non-hydrogen) atoms. The highest BCUT2D eigenvalue weighted by atomic mass is 16.8. The van der Waals surface area contributed by atoms with Crippen molar-refractivity contribution in [2.75, 3.05) is 0 Å². The van der Waals surface area contributed by atoms with Crippen molar-refractivity contribution in [1.82, 2.24) is 5.32 Å². The van der Waals surface area contributed by atoms with Crippen molar-refractivity contribution in [1.29, 1.82) is 0 Å². The van der Waals surface area contributed by atoms with Crippen molar-refractivity contribution >= 4 is 30.0 Å². The Balaban J connectivity index is 1.68. The molecule has 3 fully saturated rings. The number of nitrogens with one attached hydrogen (secondary N) is 1. The van der Waals surface area contributed by atoms with Crippen LogP contribution >= 0.6 is 0 Å². The van der Waals surface area contributed by atoms with Gasteiger partial charge >= 0.3 is 30.0 Å². The number of ether oxygens (including phenoxy) is 4. The molecule has 1 saturated carbocycles. The van der Waals surface area contributed by atoms with Crippen LogP contribution in [0.2, 0.25) is 0 Å². The standard InChI is InChI=1S/C30H37NO14/c1-15(20(42-17(3)32)16(2)14-18-8-5-4-6-9-18)12-13-28-21(33)22(43-27(40)31-19-10-7-11-19)30(45-28,26(38)39)29(41,25(36)37)23(44-28)24(34)35/h4-6,8-9,16,19-23,33,41H,1,7,10-14H2,2-3H3,(H,31,40)(H,34,35)(H,36,37)(H,38,39)/t16?,20?,21-,22-,23-,28-,29-,30-/m1/s1. The number of hydrogen-bond acceptors (Lipinski definition) is 11. The van der Waals surface area contributed by atoms with Crippen molar-refractivity contribution in [2.24, 2.45) is 5.92 Å². The highest BCUT2D eigenvalue weighted by Crippen LogP contribution is 2.56. The van der Waals surface area contributed by atoms with E-state index < -0.39 is 77.8 Å². The van der Waals surface area contributed by atoms with Crippen molar-refractivity contribution < 1.29 is 68.5 Å². The molecule has 1 aromatic rings. The maximum Gasteiger partial charge on any atom is 0.407 e. The number of fused-ring (bicyclic) bond motifs is 2. The van der Waals surface area contributed by atoms with Crippen LogP contribution in [0.3, 0.4) is 0 Å². The van der Waals surface area contributed by atoms with Crippen molar-refractivity contribution in [3.63, 3.8) is 0 Å². The van der Waals surface area contributed by atoms with Gasteiger partial charge in [-0.05, 0) is 43.2 Å². The predicted octanol–water partition coefficient (Wildman–Crippen LogP) is 0.991. The molecular formula is C30H37NO14. The van der Waals surface area contributed by atoms with Gasteiger partial charge in [-0.15, -0.1) is 0 Å². The second kappa shape index (κ2) is 12.7. The van der Waals surface area contributed by atoms with Crippen LogP contribution in [0.15, 0.2) is 42.5 Å². The molecule has 8 atom stereocenters. The molecule has 3 aliphatic rings. The van der Waals surface area contributed by atoms with Crippen LogP contribution in [0.4, 0.5) is 4.79 Å². The molecule has 6 N–H and O–H groups in total. The van der Waals surface area contributed by atoms with Gasteiger partial charge in [-0.2, -0.15) is 0 Å². The number of aliphatic hydroxyl groups excluding tert-OH is 1. The molecule has 15 nitrogen and oxygen atoms in total. The normalized spacial score (nSPS) is 32.0. The van der Waals surface area contributed by atoms with E-state index >= 15 is 0 Å². The number of esters is 1. The molecular weight excluding hydrogens is 598 g/mol.